The highest BCUT2D eigenvalue weighted by atomic mass is 19.2. The van der Waals surface area contributed by atoms with Crippen LogP contribution in [0.1, 0.15) is 23.8 Å². The van der Waals surface area contributed by atoms with Crippen LogP contribution in [-0.2, 0) is 4.79 Å². The molecule has 2 amide bonds. The minimum atomic E-state index is -1.68. The summed E-state index contributed by atoms with van der Waals surface area (Å²) in [5.74, 6) is -5.84. The van der Waals surface area contributed by atoms with Crippen LogP contribution in [0, 0.1) is 17.5 Å². The SMILES string of the molecule is CCCN(CC(=O)Nc1ccc(F)c(F)c1F)C(=O)c1cnc2ccccc2n1. The van der Waals surface area contributed by atoms with Gasteiger partial charge < -0.3 is 10.2 Å². The summed E-state index contributed by atoms with van der Waals surface area (Å²) >= 11 is 0. The highest BCUT2D eigenvalue weighted by Crippen LogP contribution is 2.19. The topological polar surface area (TPSA) is 75.2 Å². The number of amides is 2. The largest absolute Gasteiger partial charge is 0.328 e. The number of rotatable bonds is 6. The van der Waals surface area contributed by atoms with Gasteiger partial charge >= 0.3 is 0 Å². The minimum absolute atomic E-state index is 0.0592. The number of nitrogens with zero attached hydrogens (tertiary/aromatic N) is 3. The second-order valence-electron chi connectivity index (χ2n) is 6.24. The maximum absolute atomic E-state index is 13.8. The number of aromatic nitrogens is 2. The molecule has 1 N–H and O–H groups in total. The van der Waals surface area contributed by atoms with Crippen molar-refractivity contribution in [3.63, 3.8) is 0 Å². The number of anilines is 1. The summed E-state index contributed by atoms with van der Waals surface area (Å²) in [6.45, 7) is 1.64. The van der Waals surface area contributed by atoms with Crippen LogP contribution in [0.3, 0.4) is 0 Å². The second kappa shape index (κ2) is 8.68. The Morgan fingerprint density at radius 1 is 1.03 bits per heavy atom. The lowest BCUT2D eigenvalue weighted by atomic mass is 10.2. The van der Waals surface area contributed by atoms with Crippen LogP contribution in [0.25, 0.3) is 11.0 Å². The molecule has 1 aromatic heterocycles. The van der Waals surface area contributed by atoms with E-state index in [0.29, 0.717) is 23.5 Å². The highest BCUT2D eigenvalue weighted by molar-refractivity contribution is 5.99. The monoisotopic (exact) mass is 402 g/mol. The molecule has 29 heavy (non-hydrogen) atoms. The first-order valence-corrected chi connectivity index (χ1v) is 8.85. The van der Waals surface area contributed by atoms with Crippen molar-refractivity contribution >= 4 is 28.5 Å². The minimum Gasteiger partial charge on any atom is -0.328 e. The Labute approximate surface area is 164 Å². The zero-order chi connectivity index (χ0) is 21.0. The lowest BCUT2D eigenvalue weighted by Crippen LogP contribution is -2.39. The van der Waals surface area contributed by atoms with Crippen LogP contribution >= 0.6 is 0 Å². The van der Waals surface area contributed by atoms with E-state index in [-0.39, 0.29) is 12.2 Å². The van der Waals surface area contributed by atoms with Gasteiger partial charge in [0.05, 0.1) is 22.9 Å². The third-order valence-corrected chi connectivity index (χ3v) is 4.09. The molecule has 0 saturated carbocycles. The fourth-order valence-corrected chi connectivity index (χ4v) is 2.73. The maximum Gasteiger partial charge on any atom is 0.274 e. The van der Waals surface area contributed by atoms with Gasteiger partial charge in [0.2, 0.25) is 5.91 Å². The lowest BCUT2D eigenvalue weighted by molar-refractivity contribution is -0.116. The summed E-state index contributed by atoms with van der Waals surface area (Å²) in [7, 11) is 0. The summed E-state index contributed by atoms with van der Waals surface area (Å²) in [6, 6.07) is 8.63. The molecule has 0 spiro atoms. The van der Waals surface area contributed by atoms with Crippen molar-refractivity contribution in [2.75, 3.05) is 18.4 Å². The van der Waals surface area contributed by atoms with E-state index in [1.165, 1.54) is 11.1 Å². The van der Waals surface area contributed by atoms with Gasteiger partial charge in [-0.1, -0.05) is 19.1 Å². The zero-order valence-corrected chi connectivity index (χ0v) is 15.5. The molecule has 0 radical (unpaired) electrons. The average molecular weight is 402 g/mol. The van der Waals surface area contributed by atoms with Crippen molar-refractivity contribution in [3.8, 4) is 0 Å². The molecule has 150 valence electrons. The number of carbonyl (C=O) groups is 2. The Kier molecular flexibility index (Phi) is 6.06. The van der Waals surface area contributed by atoms with Crippen molar-refractivity contribution in [3.05, 3.63) is 65.7 Å². The number of para-hydroxylation sites is 2. The Balaban J connectivity index is 1.77. The van der Waals surface area contributed by atoms with Crippen LogP contribution in [-0.4, -0.2) is 39.8 Å². The normalized spacial score (nSPS) is 10.8. The molecule has 9 heteroatoms. The Morgan fingerprint density at radius 2 is 1.76 bits per heavy atom. The fourth-order valence-electron chi connectivity index (χ4n) is 2.73. The summed E-state index contributed by atoms with van der Waals surface area (Å²) in [5, 5.41) is 2.15. The molecule has 0 unspecified atom stereocenters. The van der Waals surface area contributed by atoms with E-state index in [0.717, 1.165) is 6.07 Å². The van der Waals surface area contributed by atoms with Gasteiger partial charge in [0.1, 0.15) is 12.2 Å². The molecule has 0 atom stereocenters. The Hall–Kier alpha value is -3.49. The standard InChI is InChI=1S/C20H17F3N4O2/c1-2-9-27(11-17(28)26-15-8-7-12(21)18(22)19(15)23)20(29)16-10-24-13-5-3-4-6-14(13)25-16/h3-8,10H,2,9,11H2,1H3,(H,26,28). The summed E-state index contributed by atoms with van der Waals surface area (Å²) < 4.78 is 40.1. The second-order valence-corrected chi connectivity index (χ2v) is 6.24. The Bertz CT molecular complexity index is 1070. The molecule has 0 fully saturated rings. The van der Waals surface area contributed by atoms with E-state index in [1.807, 2.05) is 6.92 Å². The van der Waals surface area contributed by atoms with Crippen LogP contribution < -0.4 is 5.32 Å². The quantitative estimate of drug-likeness (QED) is 0.640. The lowest BCUT2D eigenvalue weighted by Gasteiger charge is -2.21. The fraction of sp³-hybridized carbons (Fsp3) is 0.200. The van der Waals surface area contributed by atoms with Gasteiger partial charge in [0, 0.05) is 6.54 Å². The molecule has 3 rings (SSSR count). The average Bonchev–Trinajstić information content (AvgIpc) is 2.73. The van der Waals surface area contributed by atoms with Crippen molar-refractivity contribution in [1.82, 2.24) is 14.9 Å². The summed E-state index contributed by atoms with van der Waals surface area (Å²) in [6.07, 6.45) is 1.87. The van der Waals surface area contributed by atoms with Gasteiger partial charge in [-0.3, -0.25) is 14.6 Å². The maximum atomic E-state index is 13.8. The van der Waals surface area contributed by atoms with E-state index >= 15 is 0 Å². The van der Waals surface area contributed by atoms with Crippen molar-refractivity contribution in [2.24, 2.45) is 0 Å². The van der Waals surface area contributed by atoms with E-state index < -0.39 is 41.5 Å². The third kappa shape index (κ3) is 4.50. The first-order valence-electron chi connectivity index (χ1n) is 8.85. The summed E-state index contributed by atoms with van der Waals surface area (Å²) in [4.78, 5) is 34.7. The number of carbonyl (C=O) groups excluding carboxylic acids is 2. The molecule has 0 bridgehead atoms. The first-order chi connectivity index (χ1) is 13.9. The molecule has 2 aromatic carbocycles. The molecule has 0 aliphatic carbocycles. The van der Waals surface area contributed by atoms with E-state index in [2.05, 4.69) is 15.3 Å². The number of nitrogens with one attached hydrogen (secondary N) is 1. The molecular weight excluding hydrogens is 385 g/mol. The smallest absolute Gasteiger partial charge is 0.274 e. The van der Waals surface area contributed by atoms with Gasteiger partial charge in [-0.2, -0.15) is 0 Å². The molecule has 6 nitrogen and oxygen atoms in total. The molecule has 0 saturated heterocycles. The molecule has 3 aromatic rings. The zero-order valence-electron chi connectivity index (χ0n) is 15.5. The van der Waals surface area contributed by atoms with Crippen LogP contribution in [0.15, 0.2) is 42.6 Å². The number of halogens is 3. The van der Waals surface area contributed by atoms with Crippen LogP contribution in [0.5, 0.6) is 0 Å². The van der Waals surface area contributed by atoms with Gasteiger partial charge in [-0.05, 0) is 30.7 Å². The van der Waals surface area contributed by atoms with E-state index in [9.17, 15) is 22.8 Å². The first kappa shape index (κ1) is 20.2. The van der Waals surface area contributed by atoms with Crippen LogP contribution in [0.2, 0.25) is 0 Å². The van der Waals surface area contributed by atoms with Gasteiger partial charge in [-0.15, -0.1) is 0 Å². The van der Waals surface area contributed by atoms with Crippen molar-refractivity contribution < 1.29 is 22.8 Å². The number of hydrogen-bond donors (Lipinski definition) is 1. The predicted molar refractivity (Wildman–Crippen MR) is 101 cm³/mol. The number of hydrogen-bond acceptors (Lipinski definition) is 4. The number of fused-ring (bicyclic) bond motifs is 1. The number of benzene rings is 2. The van der Waals surface area contributed by atoms with Gasteiger partial charge in [0.25, 0.3) is 5.91 Å². The van der Waals surface area contributed by atoms with Crippen molar-refractivity contribution in [2.45, 2.75) is 13.3 Å². The van der Waals surface area contributed by atoms with E-state index in [1.54, 1.807) is 24.3 Å². The molecule has 1 heterocycles. The van der Waals surface area contributed by atoms with Gasteiger partial charge in [0.15, 0.2) is 17.5 Å². The van der Waals surface area contributed by atoms with Crippen molar-refractivity contribution in [1.29, 1.82) is 0 Å². The highest BCUT2D eigenvalue weighted by Gasteiger charge is 2.22. The van der Waals surface area contributed by atoms with Gasteiger partial charge in [-0.25, -0.2) is 18.2 Å². The molecule has 0 aliphatic rings. The van der Waals surface area contributed by atoms with E-state index in [4.69, 9.17) is 0 Å². The molecular formula is C20H17F3N4O2. The summed E-state index contributed by atoms with van der Waals surface area (Å²) in [5.41, 5.74) is 0.702. The third-order valence-electron chi connectivity index (χ3n) is 4.09. The molecule has 0 aliphatic heterocycles. The Morgan fingerprint density at radius 3 is 2.48 bits per heavy atom. The van der Waals surface area contributed by atoms with Crippen LogP contribution in [0.4, 0.5) is 18.9 Å². The predicted octanol–water partition coefficient (Wildman–Crippen LogP) is 3.54.